The zero-order chi connectivity index (χ0) is 21.1. The Bertz CT molecular complexity index is 1210. The smallest absolute Gasteiger partial charge is 0.261 e. The van der Waals surface area contributed by atoms with Crippen molar-refractivity contribution in [1.29, 1.82) is 0 Å². The molecule has 152 valence electrons. The zero-order valence-electron chi connectivity index (χ0n) is 16.1. The highest BCUT2D eigenvalue weighted by Crippen LogP contribution is 2.27. The lowest BCUT2D eigenvalue weighted by Gasteiger charge is -2.04. The van der Waals surface area contributed by atoms with E-state index in [1.165, 1.54) is 29.7 Å². The van der Waals surface area contributed by atoms with Crippen LogP contribution >= 0.6 is 11.3 Å². The Morgan fingerprint density at radius 1 is 1.13 bits per heavy atom. The van der Waals surface area contributed by atoms with Gasteiger partial charge in [0.25, 0.3) is 5.91 Å². The number of nitrogens with zero attached hydrogens (tertiary/aromatic N) is 1. The second-order valence-electron chi connectivity index (χ2n) is 6.65. The zero-order valence-corrected chi connectivity index (χ0v) is 16.9. The molecule has 6 nitrogen and oxygen atoms in total. The SMILES string of the molecule is CCC(=O)Nc1ccc2occ(C(=O)Nc3ncc(Cc4ccc(F)cc4)s3)c2c1. The van der Waals surface area contributed by atoms with E-state index in [1.54, 1.807) is 43.5 Å². The molecule has 0 aliphatic rings. The molecule has 0 atom stereocenters. The van der Waals surface area contributed by atoms with Crippen LogP contribution in [0.4, 0.5) is 15.2 Å². The Morgan fingerprint density at radius 2 is 1.93 bits per heavy atom. The first-order valence-corrected chi connectivity index (χ1v) is 10.1. The molecule has 8 heteroatoms. The van der Waals surface area contributed by atoms with Gasteiger partial charge < -0.3 is 9.73 Å². The molecule has 0 spiro atoms. The Morgan fingerprint density at radius 3 is 2.70 bits per heavy atom. The summed E-state index contributed by atoms with van der Waals surface area (Å²) in [5.41, 5.74) is 2.46. The number of carbonyl (C=O) groups excluding carboxylic acids is 2. The van der Waals surface area contributed by atoms with E-state index >= 15 is 0 Å². The van der Waals surface area contributed by atoms with Gasteiger partial charge in [-0.3, -0.25) is 14.9 Å². The summed E-state index contributed by atoms with van der Waals surface area (Å²) in [6.07, 6.45) is 4.04. The van der Waals surface area contributed by atoms with Gasteiger partial charge in [-0.25, -0.2) is 9.37 Å². The summed E-state index contributed by atoms with van der Waals surface area (Å²) in [6.45, 7) is 1.77. The van der Waals surface area contributed by atoms with Crippen LogP contribution in [0.25, 0.3) is 11.0 Å². The van der Waals surface area contributed by atoms with Crippen molar-refractivity contribution in [3.8, 4) is 0 Å². The second kappa shape index (κ2) is 8.46. The monoisotopic (exact) mass is 423 g/mol. The number of hydrogen-bond acceptors (Lipinski definition) is 5. The summed E-state index contributed by atoms with van der Waals surface area (Å²) in [6, 6.07) is 11.4. The molecule has 0 fully saturated rings. The van der Waals surface area contributed by atoms with E-state index in [0.29, 0.717) is 40.2 Å². The molecular formula is C22H18FN3O3S. The topological polar surface area (TPSA) is 84.2 Å². The highest BCUT2D eigenvalue weighted by atomic mass is 32.1. The van der Waals surface area contributed by atoms with Crippen LogP contribution in [0.5, 0.6) is 0 Å². The number of amides is 2. The Hall–Kier alpha value is -3.52. The van der Waals surface area contributed by atoms with Crippen LogP contribution in [-0.4, -0.2) is 16.8 Å². The third-order valence-electron chi connectivity index (χ3n) is 4.49. The van der Waals surface area contributed by atoms with E-state index in [4.69, 9.17) is 4.42 Å². The molecule has 0 aliphatic heterocycles. The lowest BCUT2D eigenvalue weighted by atomic mass is 10.1. The second-order valence-corrected chi connectivity index (χ2v) is 7.77. The number of rotatable bonds is 6. The minimum absolute atomic E-state index is 0.111. The van der Waals surface area contributed by atoms with Gasteiger partial charge in [-0.05, 0) is 35.9 Å². The van der Waals surface area contributed by atoms with E-state index in [1.807, 2.05) is 0 Å². The average molecular weight is 423 g/mol. The number of carbonyl (C=O) groups is 2. The van der Waals surface area contributed by atoms with Crippen molar-refractivity contribution in [3.63, 3.8) is 0 Å². The molecule has 30 heavy (non-hydrogen) atoms. The molecule has 0 unspecified atom stereocenters. The molecule has 2 N–H and O–H groups in total. The molecule has 2 heterocycles. The van der Waals surface area contributed by atoms with Crippen LogP contribution in [0.1, 0.15) is 34.1 Å². The molecule has 4 rings (SSSR count). The van der Waals surface area contributed by atoms with Crippen LogP contribution in [0.2, 0.25) is 0 Å². The number of fused-ring (bicyclic) bond motifs is 1. The highest BCUT2D eigenvalue weighted by Gasteiger charge is 2.16. The minimum atomic E-state index is -0.351. The minimum Gasteiger partial charge on any atom is -0.463 e. The third kappa shape index (κ3) is 4.38. The fourth-order valence-corrected chi connectivity index (χ4v) is 3.79. The maximum absolute atomic E-state index is 13.0. The van der Waals surface area contributed by atoms with Crippen molar-refractivity contribution in [2.75, 3.05) is 10.6 Å². The first kappa shape index (κ1) is 19.8. The van der Waals surface area contributed by atoms with Gasteiger partial charge >= 0.3 is 0 Å². The van der Waals surface area contributed by atoms with Crippen LogP contribution in [0.3, 0.4) is 0 Å². The number of furan rings is 1. The van der Waals surface area contributed by atoms with E-state index in [2.05, 4.69) is 15.6 Å². The normalized spacial score (nSPS) is 10.9. The Kier molecular flexibility index (Phi) is 5.58. The molecule has 0 aliphatic carbocycles. The van der Waals surface area contributed by atoms with E-state index in [-0.39, 0.29) is 17.6 Å². The molecule has 0 saturated carbocycles. The quantitative estimate of drug-likeness (QED) is 0.445. The first-order chi connectivity index (χ1) is 14.5. The first-order valence-electron chi connectivity index (χ1n) is 9.33. The van der Waals surface area contributed by atoms with Crippen LogP contribution < -0.4 is 10.6 Å². The molecule has 4 aromatic rings. The maximum Gasteiger partial charge on any atom is 0.261 e. The van der Waals surface area contributed by atoms with Gasteiger partial charge in [0.2, 0.25) is 5.91 Å². The van der Waals surface area contributed by atoms with Gasteiger partial charge in [-0.2, -0.15) is 0 Å². The summed E-state index contributed by atoms with van der Waals surface area (Å²) in [7, 11) is 0. The van der Waals surface area contributed by atoms with Gasteiger partial charge in [0.05, 0.1) is 5.56 Å². The molecule has 2 amide bonds. The van der Waals surface area contributed by atoms with E-state index < -0.39 is 0 Å². The van der Waals surface area contributed by atoms with Gasteiger partial charge in [-0.15, -0.1) is 11.3 Å². The molecule has 0 bridgehead atoms. The number of aromatic nitrogens is 1. The average Bonchev–Trinajstić information content (AvgIpc) is 3.36. The fourth-order valence-electron chi connectivity index (χ4n) is 2.95. The van der Waals surface area contributed by atoms with Crippen molar-refractivity contribution in [3.05, 3.63) is 76.7 Å². The largest absolute Gasteiger partial charge is 0.463 e. The summed E-state index contributed by atoms with van der Waals surface area (Å²) >= 11 is 1.35. The number of hydrogen-bond donors (Lipinski definition) is 2. The van der Waals surface area contributed by atoms with Crippen LogP contribution in [0.15, 0.2) is 59.3 Å². The van der Waals surface area contributed by atoms with Gasteiger partial charge in [-0.1, -0.05) is 19.1 Å². The van der Waals surface area contributed by atoms with Crippen molar-refractivity contribution in [2.24, 2.45) is 0 Å². The number of anilines is 2. The van der Waals surface area contributed by atoms with Gasteiger partial charge in [0, 0.05) is 35.0 Å². The molecule has 0 saturated heterocycles. The Labute approximate surface area is 175 Å². The van der Waals surface area contributed by atoms with Crippen LogP contribution in [0, 0.1) is 5.82 Å². The predicted molar refractivity (Wildman–Crippen MR) is 114 cm³/mol. The lowest BCUT2D eigenvalue weighted by Crippen LogP contribution is -2.11. The number of thiazole rings is 1. The Balaban J connectivity index is 1.49. The maximum atomic E-state index is 13.0. The van der Waals surface area contributed by atoms with Crippen molar-refractivity contribution in [1.82, 2.24) is 4.98 Å². The number of halogens is 1. The predicted octanol–water partition coefficient (Wildman–Crippen LogP) is 5.22. The molecule has 2 aromatic heterocycles. The number of benzene rings is 2. The van der Waals surface area contributed by atoms with E-state index in [9.17, 15) is 14.0 Å². The number of nitrogens with one attached hydrogen (secondary N) is 2. The summed E-state index contributed by atoms with van der Waals surface area (Å²) in [5.74, 6) is -0.739. The standard InChI is InChI=1S/C22H18FN3O3S/c1-2-20(27)25-15-7-8-19-17(10-15)18(12-29-19)21(28)26-22-24-11-16(30-22)9-13-3-5-14(23)6-4-13/h3-8,10-12H,2,9H2,1H3,(H,25,27)(H,24,26,28). The summed E-state index contributed by atoms with van der Waals surface area (Å²) in [4.78, 5) is 29.6. The lowest BCUT2D eigenvalue weighted by molar-refractivity contribution is -0.115. The highest BCUT2D eigenvalue weighted by molar-refractivity contribution is 7.15. The summed E-state index contributed by atoms with van der Waals surface area (Å²) < 4.78 is 18.5. The van der Waals surface area contributed by atoms with Crippen molar-refractivity contribution in [2.45, 2.75) is 19.8 Å². The molecule has 2 aromatic carbocycles. The van der Waals surface area contributed by atoms with Gasteiger partial charge in [0.1, 0.15) is 17.7 Å². The van der Waals surface area contributed by atoms with Gasteiger partial charge in [0.15, 0.2) is 5.13 Å². The molecular weight excluding hydrogens is 405 g/mol. The fraction of sp³-hybridized carbons (Fsp3) is 0.136. The third-order valence-corrected chi connectivity index (χ3v) is 5.40. The molecule has 0 radical (unpaired) electrons. The van der Waals surface area contributed by atoms with E-state index in [0.717, 1.165) is 10.4 Å². The van der Waals surface area contributed by atoms with Crippen molar-refractivity contribution < 1.29 is 18.4 Å². The van der Waals surface area contributed by atoms with Crippen molar-refractivity contribution >= 4 is 44.9 Å². The van der Waals surface area contributed by atoms with Crippen LogP contribution in [-0.2, 0) is 11.2 Å². The summed E-state index contributed by atoms with van der Waals surface area (Å²) in [5, 5.41) is 6.62.